The fourth-order valence-electron chi connectivity index (χ4n) is 3.08. The summed E-state index contributed by atoms with van der Waals surface area (Å²) in [5.74, 6) is 1.55. The van der Waals surface area contributed by atoms with E-state index < -0.39 is 0 Å². The first-order valence-corrected chi connectivity index (χ1v) is 6.12. The van der Waals surface area contributed by atoms with Gasteiger partial charge in [-0.2, -0.15) is 0 Å². The van der Waals surface area contributed by atoms with Crippen molar-refractivity contribution in [3.8, 4) is 0 Å². The molecule has 2 atom stereocenters. The van der Waals surface area contributed by atoms with Crippen molar-refractivity contribution in [2.75, 3.05) is 0 Å². The number of benzene rings is 1. The molecule has 2 unspecified atom stereocenters. The molecule has 0 aliphatic heterocycles. The minimum Gasteiger partial charge on any atom is -0.0622 e. The summed E-state index contributed by atoms with van der Waals surface area (Å²) in [4.78, 5) is 0. The van der Waals surface area contributed by atoms with E-state index in [1.807, 2.05) is 0 Å². The summed E-state index contributed by atoms with van der Waals surface area (Å²) >= 11 is 0. The Balaban J connectivity index is 2.51. The highest BCUT2D eigenvalue weighted by Gasteiger charge is 2.37. The van der Waals surface area contributed by atoms with Gasteiger partial charge in [0.15, 0.2) is 0 Å². The van der Waals surface area contributed by atoms with Crippen LogP contribution < -0.4 is 0 Å². The van der Waals surface area contributed by atoms with Crippen LogP contribution in [-0.2, 0) is 11.8 Å². The summed E-state index contributed by atoms with van der Waals surface area (Å²) in [6, 6.07) is 9.01. The van der Waals surface area contributed by atoms with Crippen molar-refractivity contribution in [3.05, 3.63) is 35.4 Å². The van der Waals surface area contributed by atoms with Gasteiger partial charge < -0.3 is 0 Å². The Kier molecular flexibility index (Phi) is 2.62. The van der Waals surface area contributed by atoms with Crippen molar-refractivity contribution >= 4 is 0 Å². The predicted molar refractivity (Wildman–Crippen MR) is 66.1 cm³/mol. The fraction of sp³-hybridized carbons (Fsp3) is 0.600. The second kappa shape index (κ2) is 3.66. The van der Waals surface area contributed by atoms with Crippen molar-refractivity contribution in [1.29, 1.82) is 0 Å². The second-order valence-electron chi connectivity index (χ2n) is 5.74. The third-order valence-corrected chi connectivity index (χ3v) is 4.25. The van der Waals surface area contributed by atoms with Crippen LogP contribution in [0.15, 0.2) is 24.3 Å². The molecule has 0 nitrogen and oxygen atoms in total. The maximum Gasteiger partial charge on any atom is -0.00469 e. The van der Waals surface area contributed by atoms with Gasteiger partial charge in [0.1, 0.15) is 0 Å². The van der Waals surface area contributed by atoms with E-state index in [4.69, 9.17) is 0 Å². The number of rotatable bonds is 1. The zero-order chi connectivity index (χ0) is 11.1. The van der Waals surface area contributed by atoms with Crippen molar-refractivity contribution in [2.45, 2.75) is 46.0 Å². The monoisotopic (exact) mass is 202 g/mol. The van der Waals surface area contributed by atoms with Crippen LogP contribution in [0.1, 0.15) is 45.2 Å². The topological polar surface area (TPSA) is 0 Å². The molecule has 1 aromatic carbocycles. The molecule has 0 amide bonds. The van der Waals surface area contributed by atoms with Crippen molar-refractivity contribution in [3.63, 3.8) is 0 Å². The van der Waals surface area contributed by atoms with Crippen LogP contribution in [0.25, 0.3) is 0 Å². The largest absolute Gasteiger partial charge is 0.0622 e. The van der Waals surface area contributed by atoms with E-state index in [1.165, 1.54) is 12.8 Å². The maximum atomic E-state index is 2.44. The van der Waals surface area contributed by atoms with Crippen LogP contribution in [-0.4, -0.2) is 0 Å². The maximum absolute atomic E-state index is 2.44. The second-order valence-corrected chi connectivity index (χ2v) is 5.74. The van der Waals surface area contributed by atoms with Gasteiger partial charge in [-0.25, -0.2) is 0 Å². The molecule has 0 saturated heterocycles. The molecule has 1 aliphatic carbocycles. The minimum atomic E-state index is 0.383. The fourth-order valence-corrected chi connectivity index (χ4v) is 3.08. The zero-order valence-electron chi connectivity index (χ0n) is 10.4. The minimum absolute atomic E-state index is 0.383. The lowest BCUT2D eigenvalue weighted by Crippen LogP contribution is -2.36. The molecule has 82 valence electrons. The SMILES string of the molecule is CC1Cc2ccccc2C(C)(C(C)C)C1. The highest BCUT2D eigenvalue weighted by Crippen LogP contribution is 2.44. The van der Waals surface area contributed by atoms with E-state index in [2.05, 4.69) is 52.0 Å². The Morgan fingerprint density at radius 3 is 2.60 bits per heavy atom. The molecule has 0 fully saturated rings. The van der Waals surface area contributed by atoms with Gasteiger partial charge in [0.25, 0.3) is 0 Å². The quantitative estimate of drug-likeness (QED) is 0.641. The third kappa shape index (κ3) is 1.71. The molecule has 0 spiro atoms. The first-order chi connectivity index (χ1) is 7.04. The molecule has 0 bridgehead atoms. The third-order valence-electron chi connectivity index (χ3n) is 4.25. The van der Waals surface area contributed by atoms with E-state index in [-0.39, 0.29) is 0 Å². The molecular weight excluding hydrogens is 180 g/mol. The molecule has 0 N–H and O–H groups in total. The normalized spacial score (nSPS) is 30.3. The summed E-state index contributed by atoms with van der Waals surface area (Å²) in [5.41, 5.74) is 3.56. The van der Waals surface area contributed by atoms with E-state index in [1.54, 1.807) is 11.1 Å². The highest BCUT2D eigenvalue weighted by molar-refractivity contribution is 5.37. The smallest absolute Gasteiger partial charge is 0.00469 e. The van der Waals surface area contributed by atoms with Gasteiger partial charge in [0.05, 0.1) is 0 Å². The van der Waals surface area contributed by atoms with Gasteiger partial charge >= 0.3 is 0 Å². The van der Waals surface area contributed by atoms with Crippen LogP contribution in [0.4, 0.5) is 0 Å². The molecule has 0 heteroatoms. The molecule has 2 rings (SSSR count). The number of hydrogen-bond acceptors (Lipinski definition) is 0. The average Bonchev–Trinajstić information content (AvgIpc) is 2.17. The molecule has 1 aromatic rings. The molecule has 0 saturated carbocycles. The predicted octanol–water partition coefficient (Wildman–Crippen LogP) is 4.18. The number of hydrogen-bond donors (Lipinski definition) is 0. The Morgan fingerprint density at radius 1 is 1.27 bits per heavy atom. The first-order valence-electron chi connectivity index (χ1n) is 6.12. The summed E-state index contributed by atoms with van der Waals surface area (Å²) in [6.45, 7) is 9.53. The van der Waals surface area contributed by atoms with Crippen LogP contribution in [0.5, 0.6) is 0 Å². The molecule has 0 aromatic heterocycles. The van der Waals surface area contributed by atoms with Crippen molar-refractivity contribution in [2.24, 2.45) is 11.8 Å². The summed E-state index contributed by atoms with van der Waals surface area (Å²) in [6.07, 6.45) is 2.60. The summed E-state index contributed by atoms with van der Waals surface area (Å²) < 4.78 is 0. The standard InChI is InChI=1S/C15H22/c1-11(2)15(4)10-12(3)9-13-7-5-6-8-14(13)15/h5-8,11-12H,9-10H2,1-4H3. The Hall–Kier alpha value is -0.780. The van der Waals surface area contributed by atoms with Crippen LogP contribution in [0.3, 0.4) is 0 Å². The van der Waals surface area contributed by atoms with Crippen LogP contribution >= 0.6 is 0 Å². The van der Waals surface area contributed by atoms with Gasteiger partial charge in [-0.05, 0) is 41.2 Å². The molecule has 0 heterocycles. The lowest BCUT2D eigenvalue weighted by atomic mass is 9.62. The Labute approximate surface area is 93.7 Å². The van der Waals surface area contributed by atoms with Gasteiger partial charge in [-0.15, -0.1) is 0 Å². The molecule has 0 radical (unpaired) electrons. The highest BCUT2D eigenvalue weighted by atomic mass is 14.4. The number of fused-ring (bicyclic) bond motifs is 1. The first kappa shape index (κ1) is 10.7. The van der Waals surface area contributed by atoms with Gasteiger partial charge in [0, 0.05) is 0 Å². The van der Waals surface area contributed by atoms with E-state index >= 15 is 0 Å². The molecule has 15 heavy (non-hydrogen) atoms. The van der Waals surface area contributed by atoms with Gasteiger partial charge in [-0.1, -0.05) is 52.0 Å². The van der Waals surface area contributed by atoms with Crippen molar-refractivity contribution < 1.29 is 0 Å². The molecular formula is C15H22. The Morgan fingerprint density at radius 2 is 1.93 bits per heavy atom. The van der Waals surface area contributed by atoms with Crippen LogP contribution in [0, 0.1) is 11.8 Å². The van der Waals surface area contributed by atoms with Crippen LogP contribution in [0.2, 0.25) is 0 Å². The van der Waals surface area contributed by atoms with E-state index in [0.717, 1.165) is 11.8 Å². The lowest BCUT2D eigenvalue weighted by molar-refractivity contribution is 0.247. The zero-order valence-corrected chi connectivity index (χ0v) is 10.4. The lowest BCUT2D eigenvalue weighted by Gasteiger charge is -2.42. The average molecular weight is 202 g/mol. The van der Waals surface area contributed by atoms with Crippen molar-refractivity contribution in [1.82, 2.24) is 0 Å². The van der Waals surface area contributed by atoms with Gasteiger partial charge in [-0.3, -0.25) is 0 Å². The summed E-state index contributed by atoms with van der Waals surface area (Å²) in [5, 5.41) is 0. The Bertz CT molecular complexity index is 351. The van der Waals surface area contributed by atoms with E-state index in [0.29, 0.717) is 5.41 Å². The molecule has 1 aliphatic rings. The van der Waals surface area contributed by atoms with E-state index in [9.17, 15) is 0 Å². The van der Waals surface area contributed by atoms with Gasteiger partial charge in [0.2, 0.25) is 0 Å². The summed E-state index contributed by atoms with van der Waals surface area (Å²) in [7, 11) is 0.